The van der Waals surface area contributed by atoms with Crippen molar-refractivity contribution in [2.75, 3.05) is 0 Å². The molecule has 2 aromatic rings. The van der Waals surface area contributed by atoms with Crippen LogP contribution in [0.4, 0.5) is 5.69 Å². The van der Waals surface area contributed by atoms with Crippen molar-refractivity contribution in [2.24, 2.45) is 7.05 Å². The van der Waals surface area contributed by atoms with Gasteiger partial charge in [-0.1, -0.05) is 43.7 Å². The van der Waals surface area contributed by atoms with Gasteiger partial charge in [0.2, 0.25) is 0 Å². The first-order valence-electron chi connectivity index (χ1n) is 6.96. The SMILES string of the molecule is CCCc1nn(C)c(CC(O)c2ccccc2)c1[N+](=O)[O-]. The maximum atomic E-state index is 11.3. The molecule has 0 saturated carbocycles. The average Bonchev–Trinajstić information content (AvgIpc) is 2.76. The fraction of sp³-hybridized carbons (Fsp3) is 0.400. The number of aryl methyl sites for hydroxylation is 2. The van der Waals surface area contributed by atoms with E-state index in [4.69, 9.17) is 0 Å². The number of hydrogen-bond acceptors (Lipinski definition) is 4. The van der Waals surface area contributed by atoms with Gasteiger partial charge in [-0.3, -0.25) is 14.8 Å². The van der Waals surface area contributed by atoms with Crippen molar-refractivity contribution in [3.8, 4) is 0 Å². The van der Waals surface area contributed by atoms with Crippen LogP contribution in [-0.2, 0) is 19.9 Å². The zero-order valence-electron chi connectivity index (χ0n) is 12.2. The van der Waals surface area contributed by atoms with Gasteiger partial charge in [-0.15, -0.1) is 0 Å². The van der Waals surface area contributed by atoms with Crippen LogP contribution in [0.1, 0.15) is 36.4 Å². The Hall–Kier alpha value is -2.21. The quantitative estimate of drug-likeness (QED) is 0.654. The van der Waals surface area contributed by atoms with Gasteiger partial charge < -0.3 is 5.11 Å². The molecular formula is C15H19N3O3. The molecule has 0 aliphatic rings. The summed E-state index contributed by atoms with van der Waals surface area (Å²) >= 11 is 0. The molecule has 2 rings (SSSR count). The minimum Gasteiger partial charge on any atom is -0.388 e. The summed E-state index contributed by atoms with van der Waals surface area (Å²) in [5.41, 5.74) is 1.72. The van der Waals surface area contributed by atoms with Gasteiger partial charge in [0, 0.05) is 13.5 Å². The smallest absolute Gasteiger partial charge is 0.313 e. The van der Waals surface area contributed by atoms with Gasteiger partial charge in [0.1, 0.15) is 11.4 Å². The van der Waals surface area contributed by atoms with Crippen LogP contribution in [0.3, 0.4) is 0 Å². The highest BCUT2D eigenvalue weighted by molar-refractivity contribution is 5.42. The van der Waals surface area contributed by atoms with Crippen molar-refractivity contribution in [2.45, 2.75) is 32.3 Å². The second-order valence-corrected chi connectivity index (χ2v) is 5.00. The number of aromatic nitrogens is 2. The largest absolute Gasteiger partial charge is 0.388 e. The summed E-state index contributed by atoms with van der Waals surface area (Å²) in [6.45, 7) is 1.96. The zero-order valence-corrected chi connectivity index (χ0v) is 12.2. The van der Waals surface area contributed by atoms with Crippen molar-refractivity contribution in [3.05, 3.63) is 57.4 Å². The summed E-state index contributed by atoms with van der Waals surface area (Å²) in [5, 5.41) is 25.8. The fourth-order valence-corrected chi connectivity index (χ4v) is 2.43. The molecule has 0 fully saturated rings. The van der Waals surface area contributed by atoms with E-state index in [2.05, 4.69) is 5.10 Å². The lowest BCUT2D eigenvalue weighted by Gasteiger charge is -2.10. The van der Waals surface area contributed by atoms with Gasteiger partial charge in [-0.05, 0) is 12.0 Å². The maximum absolute atomic E-state index is 11.3. The first-order chi connectivity index (χ1) is 10.0. The Kier molecular flexibility index (Phi) is 4.70. The first kappa shape index (κ1) is 15.2. The van der Waals surface area contributed by atoms with Crippen LogP contribution in [0, 0.1) is 10.1 Å². The Morgan fingerprint density at radius 2 is 2.05 bits per heavy atom. The third-order valence-corrected chi connectivity index (χ3v) is 3.45. The summed E-state index contributed by atoms with van der Waals surface area (Å²) in [6.07, 6.45) is 0.743. The van der Waals surface area contributed by atoms with Crippen molar-refractivity contribution in [1.82, 2.24) is 9.78 Å². The number of aliphatic hydroxyl groups excluding tert-OH is 1. The molecule has 1 aromatic carbocycles. The molecule has 1 aromatic heterocycles. The van der Waals surface area contributed by atoms with E-state index in [1.807, 2.05) is 25.1 Å². The van der Waals surface area contributed by atoms with Crippen LogP contribution in [0.2, 0.25) is 0 Å². The molecule has 6 heteroatoms. The molecule has 1 heterocycles. The van der Waals surface area contributed by atoms with E-state index in [0.717, 1.165) is 12.0 Å². The van der Waals surface area contributed by atoms with Gasteiger partial charge in [-0.2, -0.15) is 5.10 Å². The highest BCUT2D eigenvalue weighted by Gasteiger charge is 2.27. The first-order valence-corrected chi connectivity index (χ1v) is 6.96. The molecule has 0 aliphatic carbocycles. The van der Waals surface area contributed by atoms with Crippen LogP contribution in [0.15, 0.2) is 30.3 Å². The fourth-order valence-electron chi connectivity index (χ4n) is 2.43. The Bertz CT molecular complexity index is 623. The Labute approximate surface area is 123 Å². The molecule has 0 aliphatic heterocycles. The third kappa shape index (κ3) is 3.28. The lowest BCUT2D eigenvalue weighted by molar-refractivity contribution is -0.386. The highest BCUT2D eigenvalue weighted by Crippen LogP contribution is 2.28. The third-order valence-electron chi connectivity index (χ3n) is 3.45. The minimum absolute atomic E-state index is 0.0364. The normalized spacial score (nSPS) is 12.3. The summed E-state index contributed by atoms with van der Waals surface area (Å²) in [6, 6.07) is 9.14. The van der Waals surface area contributed by atoms with Gasteiger partial charge in [0.25, 0.3) is 0 Å². The second-order valence-electron chi connectivity index (χ2n) is 5.00. The van der Waals surface area contributed by atoms with E-state index in [1.165, 1.54) is 4.68 Å². The maximum Gasteiger partial charge on any atom is 0.313 e. The lowest BCUT2D eigenvalue weighted by atomic mass is 10.0. The summed E-state index contributed by atoms with van der Waals surface area (Å²) in [4.78, 5) is 10.9. The Balaban J connectivity index is 2.33. The molecule has 0 spiro atoms. The monoisotopic (exact) mass is 289 g/mol. The number of hydrogen-bond donors (Lipinski definition) is 1. The molecule has 1 N–H and O–H groups in total. The topological polar surface area (TPSA) is 81.2 Å². The molecule has 0 amide bonds. The van der Waals surface area contributed by atoms with Crippen LogP contribution in [0.25, 0.3) is 0 Å². The molecule has 21 heavy (non-hydrogen) atoms. The van der Waals surface area contributed by atoms with E-state index in [0.29, 0.717) is 17.8 Å². The molecule has 6 nitrogen and oxygen atoms in total. The van der Waals surface area contributed by atoms with Crippen LogP contribution in [0.5, 0.6) is 0 Å². The Morgan fingerprint density at radius 3 is 2.62 bits per heavy atom. The number of benzene rings is 1. The van der Waals surface area contributed by atoms with Gasteiger partial charge in [0.15, 0.2) is 0 Å². The summed E-state index contributed by atoms with van der Waals surface area (Å²) in [7, 11) is 1.68. The lowest BCUT2D eigenvalue weighted by Crippen LogP contribution is -2.08. The van der Waals surface area contributed by atoms with E-state index < -0.39 is 11.0 Å². The molecule has 0 radical (unpaired) electrons. The molecule has 112 valence electrons. The van der Waals surface area contributed by atoms with Crippen LogP contribution < -0.4 is 0 Å². The van der Waals surface area contributed by atoms with Crippen molar-refractivity contribution < 1.29 is 10.0 Å². The second kappa shape index (κ2) is 6.49. The highest BCUT2D eigenvalue weighted by atomic mass is 16.6. The van der Waals surface area contributed by atoms with Crippen molar-refractivity contribution >= 4 is 5.69 Å². The summed E-state index contributed by atoms with van der Waals surface area (Å²) in [5.74, 6) is 0. The van der Waals surface area contributed by atoms with Crippen LogP contribution >= 0.6 is 0 Å². The Morgan fingerprint density at radius 1 is 1.38 bits per heavy atom. The van der Waals surface area contributed by atoms with Gasteiger partial charge >= 0.3 is 5.69 Å². The van der Waals surface area contributed by atoms with E-state index >= 15 is 0 Å². The number of aliphatic hydroxyl groups is 1. The number of nitrogens with zero attached hydrogens (tertiary/aromatic N) is 3. The predicted octanol–water partition coefficient (Wildman–Crippen LogP) is 2.56. The van der Waals surface area contributed by atoms with Crippen LogP contribution in [-0.4, -0.2) is 19.8 Å². The van der Waals surface area contributed by atoms with E-state index in [9.17, 15) is 15.2 Å². The van der Waals surface area contributed by atoms with Gasteiger partial charge in [-0.25, -0.2) is 0 Å². The van der Waals surface area contributed by atoms with E-state index in [-0.39, 0.29) is 12.1 Å². The molecule has 1 unspecified atom stereocenters. The van der Waals surface area contributed by atoms with E-state index in [1.54, 1.807) is 19.2 Å². The molecule has 0 bridgehead atoms. The zero-order chi connectivity index (χ0) is 15.4. The van der Waals surface area contributed by atoms with Crippen molar-refractivity contribution in [1.29, 1.82) is 0 Å². The standard InChI is InChI=1S/C15H19N3O3/c1-3-7-12-15(18(20)21)13(17(2)16-12)10-14(19)11-8-5-4-6-9-11/h4-6,8-9,14,19H,3,7,10H2,1-2H3. The van der Waals surface area contributed by atoms with Gasteiger partial charge in [0.05, 0.1) is 11.0 Å². The predicted molar refractivity (Wildman–Crippen MR) is 79.0 cm³/mol. The number of nitro groups is 1. The molecular weight excluding hydrogens is 270 g/mol. The van der Waals surface area contributed by atoms with Crippen molar-refractivity contribution in [3.63, 3.8) is 0 Å². The number of rotatable bonds is 6. The minimum atomic E-state index is -0.783. The summed E-state index contributed by atoms with van der Waals surface area (Å²) < 4.78 is 1.51. The molecule has 0 saturated heterocycles. The molecule has 1 atom stereocenters. The average molecular weight is 289 g/mol.